The molecule has 2 aromatic heterocycles. The molecule has 2 aromatic carbocycles. The Balaban J connectivity index is 1.50. The van der Waals surface area contributed by atoms with E-state index in [9.17, 15) is 18.0 Å². The minimum absolute atomic E-state index is 0.0780. The Kier molecular flexibility index (Phi) is 4.19. The Morgan fingerprint density at radius 3 is 2.67 bits per heavy atom. The molecule has 0 aliphatic heterocycles. The summed E-state index contributed by atoms with van der Waals surface area (Å²) in [6.07, 6.45) is -1.45. The summed E-state index contributed by atoms with van der Waals surface area (Å²) in [5.41, 5.74) is 2.56. The number of tetrazole rings is 1. The van der Waals surface area contributed by atoms with E-state index in [2.05, 4.69) is 15.4 Å². The molecule has 0 amide bonds. The molecule has 2 heterocycles. The van der Waals surface area contributed by atoms with Crippen LogP contribution in [0.25, 0.3) is 22.4 Å². The van der Waals surface area contributed by atoms with Crippen molar-refractivity contribution in [3.63, 3.8) is 0 Å². The van der Waals surface area contributed by atoms with Crippen molar-refractivity contribution in [1.82, 2.24) is 20.2 Å². The lowest BCUT2D eigenvalue weighted by atomic mass is 10.0. The average Bonchev–Trinajstić information content (AvgIpc) is 3.35. The fourth-order valence-electron chi connectivity index (χ4n) is 3.84. The summed E-state index contributed by atoms with van der Waals surface area (Å²) in [6, 6.07) is 10.1. The molecule has 0 spiro atoms. The number of rotatable bonds is 3. The number of alkyl halides is 3. The predicted octanol–water partition coefficient (Wildman–Crippen LogP) is 4.00. The van der Waals surface area contributed by atoms with Crippen molar-refractivity contribution in [1.29, 1.82) is 0 Å². The van der Waals surface area contributed by atoms with Gasteiger partial charge in [0.1, 0.15) is 5.58 Å². The van der Waals surface area contributed by atoms with Crippen molar-refractivity contribution in [3.8, 4) is 11.4 Å². The number of halogens is 3. The first-order valence-corrected chi connectivity index (χ1v) is 9.41. The number of fused-ring (bicyclic) bond motifs is 2. The van der Waals surface area contributed by atoms with Crippen LogP contribution in [0.3, 0.4) is 0 Å². The van der Waals surface area contributed by atoms with Gasteiger partial charge in [-0.3, -0.25) is 0 Å². The predicted molar refractivity (Wildman–Crippen MR) is 102 cm³/mol. The van der Waals surface area contributed by atoms with Crippen LogP contribution < -0.4 is 5.63 Å². The fraction of sp³-hybridized carbons (Fsp3) is 0.238. The summed E-state index contributed by atoms with van der Waals surface area (Å²) in [4.78, 5) is 13.3. The third-order valence-corrected chi connectivity index (χ3v) is 5.26. The zero-order chi connectivity index (χ0) is 20.9. The summed E-state index contributed by atoms with van der Waals surface area (Å²) < 4.78 is 44.2. The number of aromatic nitrogens is 4. The Bertz CT molecular complexity index is 1320. The molecule has 5 rings (SSSR count). The van der Waals surface area contributed by atoms with E-state index < -0.39 is 17.4 Å². The van der Waals surface area contributed by atoms with Gasteiger partial charge in [-0.1, -0.05) is 12.1 Å². The van der Waals surface area contributed by atoms with Crippen LogP contribution in [0.5, 0.6) is 0 Å². The lowest BCUT2D eigenvalue weighted by Crippen LogP contribution is -2.09. The molecule has 152 valence electrons. The van der Waals surface area contributed by atoms with Gasteiger partial charge in [0.2, 0.25) is 5.82 Å². The minimum atomic E-state index is -4.46. The van der Waals surface area contributed by atoms with Gasteiger partial charge in [0.15, 0.2) is 0 Å². The molecule has 1 aliphatic carbocycles. The van der Waals surface area contributed by atoms with Crippen LogP contribution >= 0.6 is 0 Å². The highest BCUT2D eigenvalue weighted by molar-refractivity contribution is 5.82. The van der Waals surface area contributed by atoms with Crippen LogP contribution in [0, 0.1) is 0 Å². The standard InChI is InChI=1S/C21H15F3N4O2/c22-21(23,24)16-6-2-5-14(7-16)20-25-27-28(26-20)11-15-10-19(29)30-18-9-13-4-1-3-12(13)8-17(15)18/h2,5-10H,1,3-4,11H2. The summed E-state index contributed by atoms with van der Waals surface area (Å²) in [7, 11) is 0. The molecule has 30 heavy (non-hydrogen) atoms. The Labute approximate surface area is 167 Å². The molecule has 9 heteroatoms. The highest BCUT2D eigenvalue weighted by atomic mass is 19.4. The second kappa shape index (κ2) is 6.79. The number of hydrogen-bond acceptors (Lipinski definition) is 5. The van der Waals surface area contributed by atoms with E-state index >= 15 is 0 Å². The van der Waals surface area contributed by atoms with Crippen LogP contribution in [0.15, 0.2) is 51.7 Å². The Hall–Kier alpha value is -3.49. The second-order valence-electron chi connectivity index (χ2n) is 7.28. The van der Waals surface area contributed by atoms with Crippen molar-refractivity contribution in [2.24, 2.45) is 0 Å². The number of nitrogens with zero attached hydrogens (tertiary/aromatic N) is 4. The van der Waals surface area contributed by atoms with Crippen molar-refractivity contribution in [2.75, 3.05) is 0 Å². The maximum atomic E-state index is 13.0. The Morgan fingerprint density at radius 1 is 1.07 bits per heavy atom. The van der Waals surface area contributed by atoms with E-state index in [1.54, 1.807) is 0 Å². The molecule has 4 aromatic rings. The van der Waals surface area contributed by atoms with Crippen molar-refractivity contribution in [3.05, 3.63) is 75.1 Å². The number of hydrogen-bond donors (Lipinski definition) is 0. The van der Waals surface area contributed by atoms with Crippen molar-refractivity contribution in [2.45, 2.75) is 32.0 Å². The highest BCUT2D eigenvalue weighted by Crippen LogP contribution is 2.31. The zero-order valence-corrected chi connectivity index (χ0v) is 15.6. The minimum Gasteiger partial charge on any atom is -0.423 e. The van der Waals surface area contributed by atoms with Crippen molar-refractivity contribution < 1.29 is 17.6 Å². The molecule has 0 radical (unpaired) electrons. The molecule has 0 fully saturated rings. The fourth-order valence-corrected chi connectivity index (χ4v) is 3.84. The lowest BCUT2D eigenvalue weighted by molar-refractivity contribution is -0.137. The summed E-state index contributed by atoms with van der Waals surface area (Å²) in [6.45, 7) is 0.146. The van der Waals surface area contributed by atoms with E-state index in [0.717, 1.165) is 36.8 Å². The molecule has 1 aliphatic rings. The lowest BCUT2D eigenvalue weighted by Gasteiger charge is -2.07. The van der Waals surface area contributed by atoms with Crippen LogP contribution in [0.4, 0.5) is 13.2 Å². The molecule has 0 N–H and O–H groups in total. The first kappa shape index (κ1) is 18.5. The second-order valence-corrected chi connectivity index (χ2v) is 7.28. The highest BCUT2D eigenvalue weighted by Gasteiger charge is 2.30. The first-order valence-electron chi connectivity index (χ1n) is 9.41. The van der Waals surface area contributed by atoms with Gasteiger partial charge in [-0.15, -0.1) is 10.2 Å². The van der Waals surface area contributed by atoms with Gasteiger partial charge in [-0.2, -0.15) is 18.0 Å². The molecule has 0 atom stereocenters. The van der Waals surface area contributed by atoms with Crippen LogP contribution in [0.1, 0.15) is 28.7 Å². The zero-order valence-electron chi connectivity index (χ0n) is 15.6. The molecule has 0 bridgehead atoms. The molecule has 0 saturated heterocycles. The molecule has 0 unspecified atom stereocenters. The summed E-state index contributed by atoms with van der Waals surface area (Å²) in [5.74, 6) is 0.0780. The van der Waals surface area contributed by atoms with Gasteiger partial charge < -0.3 is 4.42 Å². The summed E-state index contributed by atoms with van der Waals surface area (Å²) in [5, 5.41) is 12.8. The van der Waals surface area contributed by atoms with E-state index in [-0.39, 0.29) is 17.9 Å². The topological polar surface area (TPSA) is 73.8 Å². The van der Waals surface area contributed by atoms with Gasteiger partial charge in [0, 0.05) is 17.0 Å². The van der Waals surface area contributed by atoms with Crippen LogP contribution in [-0.4, -0.2) is 20.2 Å². The van der Waals surface area contributed by atoms with Gasteiger partial charge in [-0.25, -0.2) is 4.79 Å². The SMILES string of the molecule is O=c1cc(Cn2nnc(-c3cccc(C(F)(F)F)c3)n2)c2cc3c(cc2o1)CCC3. The Morgan fingerprint density at radius 2 is 1.87 bits per heavy atom. The van der Waals surface area contributed by atoms with E-state index in [1.807, 2.05) is 12.1 Å². The van der Waals surface area contributed by atoms with E-state index in [4.69, 9.17) is 4.42 Å². The number of benzene rings is 2. The van der Waals surface area contributed by atoms with E-state index in [0.29, 0.717) is 11.1 Å². The maximum absolute atomic E-state index is 13.0. The normalized spacial score (nSPS) is 13.7. The monoisotopic (exact) mass is 412 g/mol. The third kappa shape index (κ3) is 3.36. The smallest absolute Gasteiger partial charge is 0.416 e. The van der Waals surface area contributed by atoms with E-state index in [1.165, 1.54) is 34.1 Å². The molecular weight excluding hydrogens is 397 g/mol. The molecule has 6 nitrogen and oxygen atoms in total. The van der Waals surface area contributed by atoms with Crippen LogP contribution in [0.2, 0.25) is 0 Å². The molecule has 0 saturated carbocycles. The molecular formula is C21H15F3N4O2. The third-order valence-electron chi connectivity index (χ3n) is 5.26. The van der Waals surface area contributed by atoms with Gasteiger partial charge >= 0.3 is 11.8 Å². The number of aryl methyl sites for hydroxylation is 2. The average molecular weight is 412 g/mol. The quantitative estimate of drug-likeness (QED) is 0.476. The van der Waals surface area contributed by atoms with Crippen molar-refractivity contribution >= 4 is 11.0 Å². The van der Waals surface area contributed by atoms with Crippen LogP contribution in [-0.2, 0) is 25.6 Å². The summed E-state index contributed by atoms with van der Waals surface area (Å²) >= 11 is 0. The van der Waals surface area contributed by atoms with Gasteiger partial charge in [0.25, 0.3) is 0 Å². The first-order chi connectivity index (χ1) is 14.4. The van der Waals surface area contributed by atoms with Gasteiger partial charge in [0.05, 0.1) is 12.1 Å². The van der Waals surface area contributed by atoms with Gasteiger partial charge in [-0.05, 0) is 65.4 Å². The largest absolute Gasteiger partial charge is 0.423 e. The maximum Gasteiger partial charge on any atom is 0.416 e.